The van der Waals surface area contributed by atoms with Crippen molar-refractivity contribution in [2.24, 2.45) is 0 Å². The Morgan fingerprint density at radius 1 is 1.26 bits per heavy atom. The van der Waals surface area contributed by atoms with E-state index in [9.17, 15) is 18.0 Å². The molecule has 110 valence electrons. The lowest BCUT2D eigenvalue weighted by molar-refractivity contribution is -0.137. The number of carboxylic acid groups (broad SMARTS) is 1. The molecular weight excluding hydrogens is 277 g/mol. The van der Waals surface area contributed by atoms with Gasteiger partial charge in [-0.2, -0.15) is 25.8 Å². The Morgan fingerprint density at radius 3 is 2.21 bits per heavy atom. The highest BCUT2D eigenvalue weighted by Crippen LogP contribution is 2.29. The van der Waals surface area contributed by atoms with Crippen molar-refractivity contribution in [2.45, 2.75) is 32.9 Å². The van der Waals surface area contributed by atoms with Gasteiger partial charge < -0.3 is 5.11 Å². The van der Waals surface area contributed by atoms with Gasteiger partial charge in [-0.15, -0.1) is 0 Å². The molecule has 0 spiro atoms. The van der Waals surface area contributed by atoms with Crippen molar-refractivity contribution in [3.8, 4) is 0 Å². The molecule has 1 N–H and O–H groups in total. The molecule has 1 aromatic carbocycles. The average Bonchev–Trinajstić information content (AvgIpc) is 2.40. The zero-order valence-electron chi connectivity index (χ0n) is 11.2. The number of alkyl halides is 3. The molecule has 0 atom stereocenters. The summed E-state index contributed by atoms with van der Waals surface area (Å²) in [6, 6.07) is 4.70. The summed E-state index contributed by atoms with van der Waals surface area (Å²) in [4.78, 5) is 10.2. The van der Waals surface area contributed by atoms with Crippen LogP contribution in [0.4, 0.5) is 13.2 Å². The second kappa shape index (κ2) is 10.7. The molecule has 0 aromatic heterocycles. The van der Waals surface area contributed by atoms with Crippen molar-refractivity contribution in [2.75, 3.05) is 6.26 Å². The van der Waals surface area contributed by atoms with Gasteiger partial charge in [0, 0.05) is 6.42 Å². The van der Waals surface area contributed by atoms with E-state index < -0.39 is 17.7 Å². The first-order valence-electron chi connectivity index (χ1n) is 5.72. The molecular formula is C13H19F3O2S. The third kappa shape index (κ3) is 9.41. The van der Waals surface area contributed by atoms with Crippen LogP contribution in [0.25, 0.3) is 0 Å². The van der Waals surface area contributed by atoms with Crippen molar-refractivity contribution in [3.63, 3.8) is 0 Å². The van der Waals surface area contributed by atoms with Gasteiger partial charge in [0.25, 0.3) is 0 Å². The van der Waals surface area contributed by atoms with Crippen LogP contribution in [0.2, 0.25) is 0 Å². The molecule has 0 fully saturated rings. The molecule has 1 rings (SSSR count). The van der Waals surface area contributed by atoms with Gasteiger partial charge in [-0.3, -0.25) is 4.79 Å². The summed E-state index contributed by atoms with van der Waals surface area (Å²) in [6.07, 6.45) is -2.74. The van der Waals surface area contributed by atoms with Crippen molar-refractivity contribution in [1.82, 2.24) is 0 Å². The number of carboxylic acids is 1. The summed E-state index contributed by atoms with van der Waals surface area (Å²) < 4.78 is 36.8. The Bertz CT molecular complexity index is 365. The fourth-order valence-electron chi connectivity index (χ4n) is 1.15. The van der Waals surface area contributed by atoms with E-state index in [0.29, 0.717) is 5.56 Å². The van der Waals surface area contributed by atoms with Crippen LogP contribution in [0.15, 0.2) is 24.3 Å². The van der Waals surface area contributed by atoms with Crippen molar-refractivity contribution < 1.29 is 23.1 Å². The van der Waals surface area contributed by atoms with Gasteiger partial charge in [0.05, 0.1) is 5.56 Å². The highest BCUT2D eigenvalue weighted by molar-refractivity contribution is 7.79. The molecule has 1 aromatic rings. The third-order valence-electron chi connectivity index (χ3n) is 1.88. The second-order valence-electron chi connectivity index (χ2n) is 3.09. The van der Waals surface area contributed by atoms with Crippen LogP contribution in [0.5, 0.6) is 0 Å². The number of rotatable bonds is 3. The summed E-state index contributed by atoms with van der Waals surface area (Å²) in [7, 11) is 0. The van der Waals surface area contributed by atoms with E-state index in [4.69, 9.17) is 5.11 Å². The van der Waals surface area contributed by atoms with Crippen LogP contribution in [-0.4, -0.2) is 17.3 Å². The van der Waals surface area contributed by atoms with E-state index in [1.165, 1.54) is 12.1 Å². The third-order valence-corrected chi connectivity index (χ3v) is 1.88. The maximum Gasteiger partial charge on any atom is 0.416 e. The molecule has 0 aliphatic heterocycles. The van der Waals surface area contributed by atoms with Crippen LogP contribution >= 0.6 is 12.6 Å². The van der Waals surface area contributed by atoms with E-state index in [1.54, 1.807) is 6.26 Å². The topological polar surface area (TPSA) is 37.3 Å². The number of carbonyl (C=O) groups is 1. The summed E-state index contributed by atoms with van der Waals surface area (Å²) >= 11 is 3.53. The summed E-state index contributed by atoms with van der Waals surface area (Å²) in [5, 5.41) is 8.38. The normalized spacial score (nSPS) is 9.63. The first-order valence-corrected chi connectivity index (χ1v) is 6.61. The lowest BCUT2D eigenvalue weighted by Crippen LogP contribution is -2.05. The highest BCUT2D eigenvalue weighted by Gasteiger charge is 2.30. The minimum atomic E-state index is -4.38. The quantitative estimate of drug-likeness (QED) is 0.816. The minimum absolute atomic E-state index is 0.110. The fraction of sp³-hybridized carbons (Fsp3) is 0.462. The first-order chi connectivity index (χ1) is 8.89. The van der Waals surface area contributed by atoms with Crippen LogP contribution in [0, 0.1) is 0 Å². The van der Waals surface area contributed by atoms with E-state index in [-0.39, 0.29) is 12.8 Å². The standard InChI is InChI=1S/C10H9F3O2.C2H6.CH4S/c11-10(12,13)8-3-1-2-7(6-8)4-5-9(14)15;2*1-2/h1-3,6H,4-5H2,(H,14,15);1-2H3;2H,1H3. The van der Waals surface area contributed by atoms with E-state index >= 15 is 0 Å². The summed E-state index contributed by atoms with van der Waals surface area (Å²) in [5.74, 6) is -1.02. The molecule has 0 bridgehead atoms. The Kier molecular flexibility index (Phi) is 11.4. The monoisotopic (exact) mass is 296 g/mol. The molecule has 0 aliphatic carbocycles. The molecule has 0 saturated heterocycles. The second-order valence-corrected chi connectivity index (χ2v) is 3.09. The van der Waals surface area contributed by atoms with Crippen molar-refractivity contribution in [3.05, 3.63) is 35.4 Å². The number of aliphatic carboxylic acids is 1. The van der Waals surface area contributed by atoms with Crippen LogP contribution in [0.3, 0.4) is 0 Å². The van der Waals surface area contributed by atoms with Gasteiger partial charge in [-0.05, 0) is 24.3 Å². The van der Waals surface area contributed by atoms with Crippen LogP contribution < -0.4 is 0 Å². The molecule has 0 heterocycles. The number of benzene rings is 1. The maximum absolute atomic E-state index is 12.3. The molecule has 0 unspecified atom stereocenters. The molecule has 19 heavy (non-hydrogen) atoms. The predicted octanol–water partition coefficient (Wildman–Crippen LogP) is 4.29. The smallest absolute Gasteiger partial charge is 0.416 e. The lowest BCUT2D eigenvalue weighted by Gasteiger charge is -2.07. The van der Waals surface area contributed by atoms with Crippen LogP contribution in [-0.2, 0) is 17.4 Å². The van der Waals surface area contributed by atoms with Crippen LogP contribution in [0.1, 0.15) is 31.4 Å². The molecule has 0 aliphatic rings. The maximum atomic E-state index is 12.3. The molecule has 0 amide bonds. The van der Waals surface area contributed by atoms with E-state index in [1.807, 2.05) is 13.8 Å². The van der Waals surface area contributed by atoms with Gasteiger partial charge in [-0.1, -0.05) is 32.0 Å². The Hall–Kier alpha value is -1.17. The zero-order valence-corrected chi connectivity index (χ0v) is 12.1. The first kappa shape index (κ1) is 20.2. The van der Waals surface area contributed by atoms with Gasteiger partial charge in [0.2, 0.25) is 0 Å². The average molecular weight is 296 g/mol. The SMILES string of the molecule is CC.CS.O=C(O)CCc1cccc(C(F)(F)F)c1. The van der Waals surface area contributed by atoms with E-state index in [2.05, 4.69) is 12.6 Å². The number of hydrogen-bond donors (Lipinski definition) is 2. The number of thiol groups is 1. The number of halogens is 3. The molecule has 2 nitrogen and oxygen atoms in total. The largest absolute Gasteiger partial charge is 0.481 e. The molecule has 0 saturated carbocycles. The number of hydrogen-bond acceptors (Lipinski definition) is 2. The van der Waals surface area contributed by atoms with Crippen molar-refractivity contribution in [1.29, 1.82) is 0 Å². The lowest BCUT2D eigenvalue weighted by atomic mass is 10.1. The van der Waals surface area contributed by atoms with Gasteiger partial charge in [0.1, 0.15) is 0 Å². The highest BCUT2D eigenvalue weighted by atomic mass is 32.1. The van der Waals surface area contributed by atoms with E-state index in [0.717, 1.165) is 12.1 Å². The fourth-order valence-corrected chi connectivity index (χ4v) is 1.15. The minimum Gasteiger partial charge on any atom is -0.481 e. The molecule has 0 radical (unpaired) electrons. The number of aryl methyl sites for hydroxylation is 1. The van der Waals surface area contributed by atoms with Gasteiger partial charge in [0.15, 0.2) is 0 Å². The summed E-state index contributed by atoms with van der Waals surface area (Å²) in [6.45, 7) is 4.00. The summed E-state index contributed by atoms with van der Waals surface area (Å²) in [5.41, 5.74) is -0.363. The zero-order chi connectivity index (χ0) is 15.5. The Labute approximate surface area is 117 Å². The van der Waals surface area contributed by atoms with Gasteiger partial charge in [-0.25, -0.2) is 0 Å². The Morgan fingerprint density at radius 2 is 1.79 bits per heavy atom. The predicted molar refractivity (Wildman–Crippen MR) is 73.7 cm³/mol. The molecule has 6 heteroatoms. The van der Waals surface area contributed by atoms with Crippen molar-refractivity contribution >= 4 is 18.6 Å². The Balaban J connectivity index is 0. The van der Waals surface area contributed by atoms with Gasteiger partial charge >= 0.3 is 12.1 Å².